The van der Waals surface area contributed by atoms with Gasteiger partial charge in [0, 0.05) is 17.7 Å². The van der Waals surface area contributed by atoms with E-state index in [9.17, 15) is 4.79 Å². The Morgan fingerprint density at radius 1 is 1.00 bits per heavy atom. The molecule has 1 atom stereocenters. The molecule has 0 saturated heterocycles. The maximum atomic E-state index is 12.8. The molecule has 0 bridgehead atoms. The van der Waals surface area contributed by atoms with Crippen molar-refractivity contribution < 1.29 is 4.79 Å². The molecule has 0 spiro atoms. The number of rotatable bonds is 2. The third kappa shape index (κ3) is 2.40. The lowest BCUT2D eigenvalue weighted by Crippen LogP contribution is -2.23. The Bertz CT molecular complexity index is 880. The number of fused-ring (bicyclic) bond motifs is 3. The predicted octanol–water partition coefficient (Wildman–Crippen LogP) is 5.14. The normalized spacial score (nSPS) is 16.9. The van der Waals surface area contributed by atoms with Crippen molar-refractivity contribution in [1.82, 2.24) is 0 Å². The van der Waals surface area contributed by atoms with Crippen molar-refractivity contribution in [3.8, 4) is 0 Å². The molecule has 1 aliphatic heterocycles. The van der Waals surface area contributed by atoms with Gasteiger partial charge in [0.1, 0.15) is 0 Å². The summed E-state index contributed by atoms with van der Waals surface area (Å²) < 4.78 is 0. The summed E-state index contributed by atoms with van der Waals surface area (Å²) in [5.74, 6) is 0.222. The quantitative estimate of drug-likeness (QED) is 0.710. The molecule has 2 heteroatoms. The van der Waals surface area contributed by atoms with Crippen molar-refractivity contribution in [2.45, 2.75) is 25.8 Å². The number of Topliss-reactive ketones (excluding diaryl/α,β-unsaturated/α-hetero) is 1. The van der Waals surface area contributed by atoms with Gasteiger partial charge in [-0.05, 0) is 34.4 Å². The SMILES string of the molecule is CCc1ccc(C2CC(=O)c3c(ccc4ccccc34)N2)cc1. The molecule has 3 aromatic rings. The van der Waals surface area contributed by atoms with Gasteiger partial charge in [0.2, 0.25) is 0 Å². The van der Waals surface area contributed by atoms with Gasteiger partial charge in [-0.25, -0.2) is 0 Å². The van der Waals surface area contributed by atoms with E-state index in [4.69, 9.17) is 0 Å². The number of nitrogens with one attached hydrogen (secondary N) is 1. The van der Waals surface area contributed by atoms with Gasteiger partial charge in [0.15, 0.2) is 5.78 Å². The zero-order valence-corrected chi connectivity index (χ0v) is 13.2. The Labute approximate surface area is 136 Å². The molecule has 0 aliphatic carbocycles. The summed E-state index contributed by atoms with van der Waals surface area (Å²) >= 11 is 0. The summed E-state index contributed by atoms with van der Waals surface area (Å²) in [6.07, 6.45) is 1.54. The van der Waals surface area contributed by atoms with E-state index in [-0.39, 0.29) is 11.8 Å². The van der Waals surface area contributed by atoms with Crippen LogP contribution in [0, 0.1) is 0 Å². The van der Waals surface area contributed by atoms with Gasteiger partial charge < -0.3 is 5.32 Å². The molecule has 0 aromatic heterocycles. The summed E-state index contributed by atoms with van der Waals surface area (Å²) in [5.41, 5.74) is 4.28. The summed E-state index contributed by atoms with van der Waals surface area (Å²) in [6.45, 7) is 2.15. The molecule has 1 aliphatic rings. The number of carbonyl (C=O) groups is 1. The van der Waals surface area contributed by atoms with E-state index in [2.05, 4.69) is 48.6 Å². The van der Waals surface area contributed by atoms with Crippen LogP contribution in [0.2, 0.25) is 0 Å². The number of ketones is 1. The van der Waals surface area contributed by atoms with Crippen LogP contribution in [-0.4, -0.2) is 5.78 Å². The fourth-order valence-corrected chi connectivity index (χ4v) is 3.41. The van der Waals surface area contributed by atoms with Gasteiger partial charge in [-0.3, -0.25) is 4.79 Å². The van der Waals surface area contributed by atoms with Crippen molar-refractivity contribution in [1.29, 1.82) is 0 Å². The molecule has 3 aromatic carbocycles. The first-order valence-corrected chi connectivity index (χ1v) is 8.16. The Kier molecular flexibility index (Phi) is 3.38. The molecule has 0 radical (unpaired) electrons. The van der Waals surface area contributed by atoms with Crippen molar-refractivity contribution in [3.63, 3.8) is 0 Å². The van der Waals surface area contributed by atoms with Crippen LogP contribution < -0.4 is 5.32 Å². The summed E-state index contributed by atoms with van der Waals surface area (Å²) in [6, 6.07) is 20.8. The summed E-state index contributed by atoms with van der Waals surface area (Å²) in [7, 11) is 0. The van der Waals surface area contributed by atoms with Crippen LogP contribution in [0.25, 0.3) is 10.8 Å². The molecular formula is C21H19NO. The van der Waals surface area contributed by atoms with E-state index in [0.29, 0.717) is 6.42 Å². The van der Waals surface area contributed by atoms with Crippen molar-refractivity contribution in [2.24, 2.45) is 0 Å². The summed E-state index contributed by atoms with van der Waals surface area (Å²) in [5, 5.41) is 5.71. The van der Waals surface area contributed by atoms with E-state index in [1.54, 1.807) is 0 Å². The minimum Gasteiger partial charge on any atom is -0.377 e. The zero-order valence-electron chi connectivity index (χ0n) is 13.2. The van der Waals surface area contributed by atoms with E-state index < -0.39 is 0 Å². The second kappa shape index (κ2) is 5.54. The standard InChI is InChI=1S/C21H19NO/c1-2-14-7-9-16(10-8-14)19-13-20(23)21-17-6-4-3-5-15(17)11-12-18(21)22-19/h3-12,19,22H,2,13H2,1H3. The average molecular weight is 301 g/mol. The molecule has 4 rings (SSSR count). The van der Waals surface area contributed by atoms with Crippen LogP contribution in [0.4, 0.5) is 5.69 Å². The van der Waals surface area contributed by atoms with Crippen LogP contribution in [0.3, 0.4) is 0 Å². The van der Waals surface area contributed by atoms with Gasteiger partial charge in [-0.1, -0.05) is 61.5 Å². The van der Waals surface area contributed by atoms with Gasteiger partial charge in [-0.15, -0.1) is 0 Å². The van der Waals surface area contributed by atoms with Gasteiger partial charge in [0.25, 0.3) is 0 Å². The molecule has 114 valence electrons. The number of aryl methyl sites for hydroxylation is 1. The minimum atomic E-state index is 0.0575. The Morgan fingerprint density at radius 2 is 1.78 bits per heavy atom. The zero-order chi connectivity index (χ0) is 15.8. The van der Waals surface area contributed by atoms with Crippen LogP contribution >= 0.6 is 0 Å². The van der Waals surface area contributed by atoms with Crippen LogP contribution in [0.15, 0.2) is 60.7 Å². The van der Waals surface area contributed by atoms with Gasteiger partial charge in [-0.2, -0.15) is 0 Å². The van der Waals surface area contributed by atoms with Crippen molar-refractivity contribution in [3.05, 3.63) is 77.4 Å². The van der Waals surface area contributed by atoms with E-state index >= 15 is 0 Å². The van der Waals surface area contributed by atoms with Crippen LogP contribution in [-0.2, 0) is 6.42 Å². The first-order chi connectivity index (χ1) is 11.3. The highest BCUT2D eigenvalue weighted by atomic mass is 16.1. The third-order valence-electron chi connectivity index (χ3n) is 4.72. The lowest BCUT2D eigenvalue weighted by Gasteiger charge is -2.27. The molecule has 1 unspecified atom stereocenters. The first kappa shape index (κ1) is 14.0. The second-order valence-electron chi connectivity index (χ2n) is 6.13. The van der Waals surface area contributed by atoms with Crippen LogP contribution in [0.1, 0.15) is 40.9 Å². The van der Waals surface area contributed by atoms with Crippen molar-refractivity contribution >= 4 is 22.2 Å². The fourth-order valence-electron chi connectivity index (χ4n) is 3.41. The maximum absolute atomic E-state index is 12.8. The second-order valence-corrected chi connectivity index (χ2v) is 6.13. The average Bonchev–Trinajstić information content (AvgIpc) is 2.61. The van der Waals surface area contributed by atoms with Gasteiger partial charge >= 0.3 is 0 Å². The smallest absolute Gasteiger partial charge is 0.167 e. The molecular weight excluding hydrogens is 282 g/mol. The Balaban J connectivity index is 1.74. The molecule has 23 heavy (non-hydrogen) atoms. The highest BCUT2D eigenvalue weighted by Gasteiger charge is 2.27. The highest BCUT2D eigenvalue weighted by molar-refractivity contribution is 6.14. The highest BCUT2D eigenvalue weighted by Crippen LogP contribution is 2.36. The van der Waals surface area contributed by atoms with Gasteiger partial charge in [0.05, 0.1) is 6.04 Å². The van der Waals surface area contributed by atoms with E-state index in [1.165, 1.54) is 11.1 Å². The largest absolute Gasteiger partial charge is 0.377 e. The first-order valence-electron chi connectivity index (χ1n) is 8.16. The Morgan fingerprint density at radius 3 is 2.57 bits per heavy atom. The molecule has 1 N–H and O–H groups in total. The molecule has 0 fully saturated rings. The fraction of sp³-hybridized carbons (Fsp3) is 0.190. The topological polar surface area (TPSA) is 29.1 Å². The molecule has 2 nitrogen and oxygen atoms in total. The van der Waals surface area contributed by atoms with E-state index in [0.717, 1.165) is 28.4 Å². The number of hydrogen-bond donors (Lipinski definition) is 1. The third-order valence-corrected chi connectivity index (χ3v) is 4.72. The lowest BCUT2D eigenvalue weighted by molar-refractivity contribution is 0.0974. The number of hydrogen-bond acceptors (Lipinski definition) is 2. The molecule has 0 amide bonds. The monoisotopic (exact) mass is 301 g/mol. The van der Waals surface area contributed by atoms with Crippen LogP contribution in [0.5, 0.6) is 0 Å². The van der Waals surface area contributed by atoms with E-state index in [1.807, 2.05) is 24.3 Å². The van der Waals surface area contributed by atoms with Crippen molar-refractivity contribution in [2.75, 3.05) is 5.32 Å². The predicted molar refractivity (Wildman–Crippen MR) is 95.1 cm³/mol. The maximum Gasteiger partial charge on any atom is 0.167 e. The summed E-state index contributed by atoms with van der Waals surface area (Å²) in [4.78, 5) is 12.8. The minimum absolute atomic E-state index is 0.0575. The number of benzene rings is 3. The number of carbonyl (C=O) groups excluding carboxylic acids is 1. The Hall–Kier alpha value is -2.61. The number of anilines is 1. The molecule has 0 saturated carbocycles. The lowest BCUT2D eigenvalue weighted by atomic mass is 9.89. The molecule has 1 heterocycles.